The Bertz CT molecular complexity index is 1120. The predicted octanol–water partition coefficient (Wildman–Crippen LogP) is 2.70. The molecule has 144 valence electrons. The molecule has 1 heterocycles. The lowest BCUT2D eigenvalue weighted by molar-refractivity contribution is 0.0942. The van der Waals surface area contributed by atoms with E-state index in [9.17, 15) is 18.0 Å². The fourth-order valence-electron chi connectivity index (χ4n) is 2.59. The summed E-state index contributed by atoms with van der Waals surface area (Å²) in [5.74, 6) is -0.371. The first-order chi connectivity index (χ1) is 13.3. The summed E-state index contributed by atoms with van der Waals surface area (Å²) in [5.41, 5.74) is 2.12. The van der Waals surface area contributed by atoms with Crippen LogP contribution in [-0.4, -0.2) is 30.1 Å². The molecule has 2 aromatic carbocycles. The Labute approximate surface area is 162 Å². The SMILES string of the molecule is Cc1cc(C)n(C(=O)c2ccc(S(=O)(=O)NC(=O)Nc3ccccc3)cc2)n1. The predicted molar refractivity (Wildman–Crippen MR) is 104 cm³/mol. The van der Waals surface area contributed by atoms with Gasteiger partial charge >= 0.3 is 6.03 Å². The summed E-state index contributed by atoms with van der Waals surface area (Å²) in [6.45, 7) is 3.53. The van der Waals surface area contributed by atoms with Crippen molar-refractivity contribution >= 4 is 27.6 Å². The first-order valence-electron chi connectivity index (χ1n) is 8.33. The molecule has 0 aliphatic rings. The van der Waals surface area contributed by atoms with Crippen LogP contribution in [0.25, 0.3) is 0 Å². The Morgan fingerprint density at radius 3 is 2.18 bits per heavy atom. The van der Waals surface area contributed by atoms with Crippen LogP contribution in [0.15, 0.2) is 65.6 Å². The summed E-state index contributed by atoms with van der Waals surface area (Å²) in [6.07, 6.45) is 0. The zero-order valence-corrected chi connectivity index (χ0v) is 16.0. The van der Waals surface area contributed by atoms with Gasteiger partial charge in [0.25, 0.3) is 15.9 Å². The number of hydrogen-bond acceptors (Lipinski definition) is 5. The zero-order valence-electron chi connectivity index (χ0n) is 15.2. The number of carbonyl (C=O) groups is 2. The quantitative estimate of drug-likeness (QED) is 0.702. The number of carbonyl (C=O) groups excluding carboxylic acids is 2. The normalized spacial score (nSPS) is 11.1. The molecule has 0 bridgehead atoms. The van der Waals surface area contributed by atoms with Crippen LogP contribution < -0.4 is 10.0 Å². The van der Waals surface area contributed by atoms with Crippen LogP contribution in [0.5, 0.6) is 0 Å². The van der Waals surface area contributed by atoms with Gasteiger partial charge in [-0.2, -0.15) is 5.10 Å². The van der Waals surface area contributed by atoms with Gasteiger partial charge in [0.15, 0.2) is 0 Å². The monoisotopic (exact) mass is 398 g/mol. The molecule has 3 aromatic rings. The van der Waals surface area contributed by atoms with Gasteiger partial charge in [0, 0.05) is 16.9 Å². The smallest absolute Gasteiger partial charge is 0.307 e. The van der Waals surface area contributed by atoms with Crippen LogP contribution >= 0.6 is 0 Å². The Hall–Kier alpha value is -3.46. The van der Waals surface area contributed by atoms with Crippen LogP contribution in [0, 0.1) is 13.8 Å². The van der Waals surface area contributed by atoms with Crippen LogP contribution in [0.2, 0.25) is 0 Å². The molecule has 0 atom stereocenters. The first kappa shape index (κ1) is 19.3. The second kappa shape index (κ2) is 7.65. The molecular weight excluding hydrogens is 380 g/mol. The molecule has 0 unspecified atom stereocenters. The fourth-order valence-corrected chi connectivity index (χ4v) is 3.50. The van der Waals surface area contributed by atoms with Crippen molar-refractivity contribution in [2.75, 3.05) is 5.32 Å². The standard InChI is InChI=1S/C19H18N4O4S/c1-13-12-14(2)23(21-13)18(24)15-8-10-17(11-9-15)28(26,27)22-19(25)20-16-6-4-3-5-7-16/h3-12H,1-2H3,(H2,20,22,25). The van der Waals surface area contributed by atoms with Crippen molar-refractivity contribution < 1.29 is 18.0 Å². The molecule has 2 N–H and O–H groups in total. The summed E-state index contributed by atoms with van der Waals surface area (Å²) in [4.78, 5) is 24.3. The van der Waals surface area contributed by atoms with E-state index in [1.54, 1.807) is 50.2 Å². The number of hydrogen-bond donors (Lipinski definition) is 2. The number of para-hydroxylation sites is 1. The van der Waals surface area contributed by atoms with E-state index in [4.69, 9.17) is 0 Å². The number of anilines is 1. The number of nitrogens with zero attached hydrogens (tertiary/aromatic N) is 2. The van der Waals surface area contributed by atoms with Gasteiger partial charge in [-0.3, -0.25) is 4.79 Å². The molecule has 9 heteroatoms. The summed E-state index contributed by atoms with van der Waals surface area (Å²) >= 11 is 0. The second-order valence-electron chi connectivity index (χ2n) is 6.09. The number of nitrogens with one attached hydrogen (secondary N) is 2. The molecule has 8 nitrogen and oxygen atoms in total. The Balaban J connectivity index is 1.73. The highest BCUT2D eigenvalue weighted by Gasteiger charge is 2.19. The van der Waals surface area contributed by atoms with Crippen molar-refractivity contribution in [1.82, 2.24) is 14.5 Å². The molecule has 0 saturated carbocycles. The van der Waals surface area contributed by atoms with Crippen molar-refractivity contribution in [3.63, 3.8) is 0 Å². The van der Waals surface area contributed by atoms with E-state index in [2.05, 4.69) is 10.4 Å². The molecule has 0 aliphatic carbocycles. The minimum Gasteiger partial charge on any atom is -0.307 e. The third kappa shape index (κ3) is 4.26. The van der Waals surface area contributed by atoms with Crippen LogP contribution in [0.1, 0.15) is 21.7 Å². The molecule has 0 aliphatic heterocycles. The highest BCUT2D eigenvalue weighted by Crippen LogP contribution is 2.13. The number of urea groups is 1. The largest absolute Gasteiger partial charge is 0.333 e. The number of sulfonamides is 1. The van der Waals surface area contributed by atoms with E-state index in [0.717, 1.165) is 0 Å². The number of benzene rings is 2. The van der Waals surface area contributed by atoms with Gasteiger partial charge in [0.05, 0.1) is 10.6 Å². The van der Waals surface area contributed by atoms with E-state index in [1.807, 2.05) is 4.72 Å². The average Bonchev–Trinajstić information content (AvgIpc) is 2.99. The molecule has 0 radical (unpaired) electrons. The average molecular weight is 398 g/mol. The molecule has 0 spiro atoms. The van der Waals surface area contributed by atoms with Crippen LogP contribution in [-0.2, 0) is 10.0 Å². The first-order valence-corrected chi connectivity index (χ1v) is 9.81. The third-order valence-corrected chi connectivity index (χ3v) is 5.22. The van der Waals surface area contributed by atoms with E-state index in [0.29, 0.717) is 17.1 Å². The highest BCUT2D eigenvalue weighted by molar-refractivity contribution is 7.90. The fraction of sp³-hybridized carbons (Fsp3) is 0.105. The maximum absolute atomic E-state index is 12.5. The van der Waals surface area contributed by atoms with E-state index >= 15 is 0 Å². The van der Waals surface area contributed by atoms with Gasteiger partial charge < -0.3 is 5.32 Å². The molecule has 28 heavy (non-hydrogen) atoms. The molecular formula is C19H18N4O4S. The summed E-state index contributed by atoms with van der Waals surface area (Å²) in [7, 11) is -4.09. The minimum atomic E-state index is -4.09. The van der Waals surface area contributed by atoms with Gasteiger partial charge in [-0.1, -0.05) is 18.2 Å². The Morgan fingerprint density at radius 2 is 1.61 bits per heavy atom. The zero-order chi connectivity index (χ0) is 20.3. The van der Waals surface area contributed by atoms with E-state index < -0.39 is 16.1 Å². The van der Waals surface area contributed by atoms with Crippen molar-refractivity contribution in [2.45, 2.75) is 18.7 Å². The van der Waals surface area contributed by atoms with Gasteiger partial charge in [-0.05, 0) is 56.3 Å². The Kier molecular flexibility index (Phi) is 5.27. The maximum atomic E-state index is 12.5. The van der Waals surface area contributed by atoms with Crippen molar-refractivity contribution in [1.29, 1.82) is 0 Å². The number of aromatic nitrogens is 2. The van der Waals surface area contributed by atoms with Crippen molar-refractivity contribution in [3.05, 3.63) is 77.6 Å². The van der Waals surface area contributed by atoms with Gasteiger partial charge in [0.1, 0.15) is 0 Å². The van der Waals surface area contributed by atoms with E-state index in [1.165, 1.54) is 28.9 Å². The third-order valence-electron chi connectivity index (χ3n) is 3.87. The summed E-state index contributed by atoms with van der Waals surface area (Å²) in [6, 6.07) is 14.6. The van der Waals surface area contributed by atoms with Crippen LogP contribution in [0.3, 0.4) is 0 Å². The molecule has 2 amide bonds. The number of aryl methyl sites for hydroxylation is 2. The lowest BCUT2D eigenvalue weighted by Gasteiger charge is -2.09. The second-order valence-corrected chi connectivity index (χ2v) is 7.78. The maximum Gasteiger partial charge on any atom is 0.333 e. The van der Waals surface area contributed by atoms with Gasteiger partial charge in [-0.25, -0.2) is 22.6 Å². The lowest BCUT2D eigenvalue weighted by Crippen LogP contribution is -2.34. The van der Waals surface area contributed by atoms with Crippen molar-refractivity contribution in [2.24, 2.45) is 0 Å². The van der Waals surface area contributed by atoms with Gasteiger partial charge in [-0.15, -0.1) is 0 Å². The lowest BCUT2D eigenvalue weighted by atomic mass is 10.2. The number of rotatable bonds is 4. The molecule has 0 fully saturated rings. The summed E-state index contributed by atoms with van der Waals surface area (Å²) in [5, 5.41) is 6.55. The molecule has 3 rings (SSSR count). The van der Waals surface area contributed by atoms with Crippen LogP contribution in [0.4, 0.5) is 10.5 Å². The highest BCUT2D eigenvalue weighted by atomic mass is 32.2. The number of amides is 2. The minimum absolute atomic E-state index is 0.138. The summed E-state index contributed by atoms with van der Waals surface area (Å²) < 4.78 is 27.9. The van der Waals surface area contributed by atoms with Gasteiger partial charge in [0.2, 0.25) is 0 Å². The van der Waals surface area contributed by atoms with E-state index in [-0.39, 0.29) is 16.4 Å². The topological polar surface area (TPSA) is 110 Å². The molecule has 0 saturated heterocycles. The molecule has 1 aromatic heterocycles. The Morgan fingerprint density at radius 1 is 0.964 bits per heavy atom. The van der Waals surface area contributed by atoms with Crippen molar-refractivity contribution in [3.8, 4) is 0 Å².